The lowest BCUT2D eigenvalue weighted by molar-refractivity contribution is 1.08. The van der Waals surface area contributed by atoms with Crippen LogP contribution in [0.1, 0.15) is 0 Å². The zero-order valence-corrected chi connectivity index (χ0v) is 27.0. The van der Waals surface area contributed by atoms with Crippen LogP contribution in [0, 0.1) is 0 Å². The summed E-state index contributed by atoms with van der Waals surface area (Å²) in [5.41, 5.74) is 9.95. The fourth-order valence-electron chi connectivity index (χ4n) is 8.13. The topological polar surface area (TPSA) is 35.6 Å². The number of hydrogen-bond acceptors (Lipinski definition) is 2. The van der Waals surface area contributed by atoms with Crippen LogP contribution in [-0.4, -0.2) is 19.1 Å². The maximum Gasteiger partial charge on any atom is 0.156 e. The van der Waals surface area contributed by atoms with Gasteiger partial charge in [0, 0.05) is 38.0 Å². The third-order valence-corrected chi connectivity index (χ3v) is 10.3. The summed E-state index contributed by atoms with van der Waals surface area (Å²) in [6.45, 7) is 0. The molecule has 11 aromatic rings. The second kappa shape index (κ2) is 10.4. The Hall–Kier alpha value is -6.78. The lowest BCUT2D eigenvalue weighted by Crippen LogP contribution is -2.00. The van der Waals surface area contributed by atoms with Crippen LogP contribution in [0.15, 0.2) is 170 Å². The van der Waals surface area contributed by atoms with E-state index < -0.39 is 0 Å². The largest absolute Gasteiger partial charge is 0.309 e. The van der Waals surface area contributed by atoms with Crippen LogP contribution < -0.4 is 0 Å². The van der Waals surface area contributed by atoms with Crippen LogP contribution >= 0.6 is 0 Å². The van der Waals surface area contributed by atoms with E-state index in [0.717, 1.165) is 49.9 Å². The standard InChI is InChI=1S/C46H28N4/c1-2-12-31(13-3-1)49-40-20-10-9-17-35(40)39-26-29(23-25-42(39)49)30-22-24-36-34-16-8-11-21-41(34)50(43(36)27-30)44-28-47-45-37-18-6-4-14-32(37)33-15-5-7-19-38(33)46(45)48-44/h1-28H. The molecule has 232 valence electrons. The van der Waals surface area contributed by atoms with E-state index in [0.29, 0.717) is 0 Å². The van der Waals surface area contributed by atoms with E-state index in [1.54, 1.807) is 0 Å². The zero-order chi connectivity index (χ0) is 32.8. The number of nitrogens with zero attached hydrogens (tertiary/aromatic N) is 4. The first-order valence-electron chi connectivity index (χ1n) is 17.0. The maximum atomic E-state index is 5.40. The van der Waals surface area contributed by atoms with Crippen molar-refractivity contribution in [1.82, 2.24) is 19.1 Å². The molecule has 4 heteroatoms. The van der Waals surface area contributed by atoms with Gasteiger partial charge in [-0.2, -0.15) is 0 Å². The Kier molecular flexibility index (Phi) is 5.63. The smallest absolute Gasteiger partial charge is 0.156 e. The molecule has 0 aliphatic rings. The average molecular weight is 637 g/mol. The first kappa shape index (κ1) is 27.2. The third kappa shape index (κ3) is 3.81. The Balaban J connectivity index is 1.15. The lowest BCUT2D eigenvalue weighted by atomic mass is 10.00. The fraction of sp³-hybridized carbons (Fsp3) is 0. The van der Waals surface area contributed by atoms with Crippen molar-refractivity contribution in [3.05, 3.63) is 170 Å². The van der Waals surface area contributed by atoms with Crippen LogP contribution in [0.5, 0.6) is 0 Å². The molecule has 0 spiro atoms. The van der Waals surface area contributed by atoms with Crippen LogP contribution in [0.2, 0.25) is 0 Å². The van der Waals surface area contributed by atoms with Gasteiger partial charge in [-0.1, -0.05) is 121 Å². The predicted molar refractivity (Wildman–Crippen MR) is 209 cm³/mol. The summed E-state index contributed by atoms with van der Waals surface area (Å²) in [6.07, 6.45) is 1.94. The summed E-state index contributed by atoms with van der Waals surface area (Å²) < 4.78 is 4.64. The predicted octanol–water partition coefficient (Wildman–Crippen LogP) is 11.8. The summed E-state index contributed by atoms with van der Waals surface area (Å²) in [5, 5.41) is 9.49. The SMILES string of the molecule is c1ccc(-n2c3ccccc3c3cc(-c4ccc5c6ccccc6n(-c6cnc7c8ccccc8c8ccccc8c7n6)c5c4)ccc32)cc1. The first-order chi connectivity index (χ1) is 24.8. The highest BCUT2D eigenvalue weighted by Crippen LogP contribution is 2.39. The van der Waals surface area contributed by atoms with Crippen molar-refractivity contribution < 1.29 is 0 Å². The molecule has 3 aromatic heterocycles. The molecule has 50 heavy (non-hydrogen) atoms. The molecule has 0 unspecified atom stereocenters. The van der Waals surface area contributed by atoms with Crippen molar-refractivity contribution in [1.29, 1.82) is 0 Å². The lowest BCUT2D eigenvalue weighted by Gasteiger charge is -2.12. The molecule has 4 nitrogen and oxygen atoms in total. The number of fused-ring (bicyclic) bond motifs is 12. The summed E-state index contributed by atoms with van der Waals surface area (Å²) >= 11 is 0. The molecular formula is C46H28N4. The normalized spacial score (nSPS) is 12.0. The van der Waals surface area contributed by atoms with Gasteiger partial charge in [0.1, 0.15) is 0 Å². The highest BCUT2D eigenvalue weighted by atomic mass is 15.1. The van der Waals surface area contributed by atoms with E-state index >= 15 is 0 Å². The number of benzene rings is 8. The van der Waals surface area contributed by atoms with Gasteiger partial charge >= 0.3 is 0 Å². The second-order valence-electron chi connectivity index (χ2n) is 13.0. The number of hydrogen-bond donors (Lipinski definition) is 0. The number of rotatable bonds is 3. The minimum absolute atomic E-state index is 0.808. The Bertz CT molecular complexity index is 3110. The van der Waals surface area contributed by atoms with Gasteiger partial charge in [0.25, 0.3) is 0 Å². The van der Waals surface area contributed by atoms with Crippen LogP contribution in [-0.2, 0) is 0 Å². The van der Waals surface area contributed by atoms with E-state index in [-0.39, 0.29) is 0 Å². The molecule has 0 aliphatic heterocycles. The molecule has 0 fully saturated rings. The molecule has 11 rings (SSSR count). The van der Waals surface area contributed by atoms with Crippen LogP contribution in [0.25, 0.3) is 98.8 Å². The molecule has 0 aliphatic carbocycles. The van der Waals surface area contributed by atoms with Crippen LogP contribution in [0.4, 0.5) is 0 Å². The minimum Gasteiger partial charge on any atom is -0.309 e. The highest BCUT2D eigenvalue weighted by Gasteiger charge is 2.18. The monoisotopic (exact) mass is 636 g/mol. The van der Waals surface area contributed by atoms with Gasteiger partial charge in [-0.3, -0.25) is 9.55 Å². The van der Waals surface area contributed by atoms with E-state index in [2.05, 4.69) is 173 Å². The molecule has 0 atom stereocenters. The van der Waals surface area contributed by atoms with Gasteiger partial charge in [-0.15, -0.1) is 0 Å². The maximum absolute atomic E-state index is 5.40. The average Bonchev–Trinajstić information content (AvgIpc) is 3.70. The van der Waals surface area contributed by atoms with Crippen molar-refractivity contribution in [2.75, 3.05) is 0 Å². The first-order valence-corrected chi connectivity index (χ1v) is 17.0. The molecule has 8 aromatic carbocycles. The quantitative estimate of drug-likeness (QED) is 0.181. The third-order valence-electron chi connectivity index (χ3n) is 10.3. The van der Waals surface area contributed by atoms with Crippen molar-refractivity contribution >= 4 is 76.2 Å². The van der Waals surface area contributed by atoms with Gasteiger partial charge in [-0.25, -0.2) is 4.98 Å². The summed E-state index contributed by atoms with van der Waals surface area (Å²) in [5.74, 6) is 0.808. The van der Waals surface area contributed by atoms with Crippen LogP contribution in [0.3, 0.4) is 0 Å². The summed E-state index contributed by atoms with van der Waals surface area (Å²) in [7, 11) is 0. The molecule has 3 heterocycles. The highest BCUT2D eigenvalue weighted by molar-refractivity contribution is 6.23. The molecule has 0 radical (unpaired) electrons. The minimum atomic E-state index is 0.808. The van der Waals surface area contributed by atoms with Gasteiger partial charge in [0.2, 0.25) is 0 Å². The van der Waals surface area contributed by atoms with E-state index in [4.69, 9.17) is 9.97 Å². The molecule has 0 bridgehead atoms. The van der Waals surface area contributed by atoms with Crippen molar-refractivity contribution in [3.63, 3.8) is 0 Å². The summed E-state index contributed by atoms with van der Waals surface area (Å²) in [6, 6.07) is 58.7. The van der Waals surface area contributed by atoms with Crippen molar-refractivity contribution in [2.45, 2.75) is 0 Å². The number of para-hydroxylation sites is 3. The van der Waals surface area contributed by atoms with Crippen molar-refractivity contribution in [3.8, 4) is 22.6 Å². The Morgan fingerprint density at radius 2 is 0.860 bits per heavy atom. The van der Waals surface area contributed by atoms with E-state index in [9.17, 15) is 0 Å². The Morgan fingerprint density at radius 3 is 1.60 bits per heavy atom. The van der Waals surface area contributed by atoms with Crippen molar-refractivity contribution in [2.24, 2.45) is 0 Å². The zero-order valence-electron chi connectivity index (χ0n) is 27.0. The van der Waals surface area contributed by atoms with Gasteiger partial charge in [0.05, 0.1) is 39.3 Å². The molecular weight excluding hydrogens is 609 g/mol. The van der Waals surface area contributed by atoms with E-state index in [1.807, 2.05) is 6.20 Å². The molecule has 0 N–H and O–H groups in total. The summed E-state index contributed by atoms with van der Waals surface area (Å²) in [4.78, 5) is 10.5. The Morgan fingerprint density at radius 1 is 0.340 bits per heavy atom. The number of aromatic nitrogens is 4. The molecule has 0 amide bonds. The van der Waals surface area contributed by atoms with Gasteiger partial charge < -0.3 is 4.57 Å². The van der Waals surface area contributed by atoms with Gasteiger partial charge in [0.15, 0.2) is 5.82 Å². The van der Waals surface area contributed by atoms with Gasteiger partial charge in [-0.05, 0) is 64.4 Å². The second-order valence-corrected chi connectivity index (χ2v) is 13.0. The molecule has 0 saturated carbocycles. The van der Waals surface area contributed by atoms with E-state index in [1.165, 1.54) is 48.9 Å². The Labute approximate surface area is 287 Å². The fourth-order valence-corrected chi connectivity index (χ4v) is 8.13. The molecule has 0 saturated heterocycles.